The van der Waals surface area contributed by atoms with Crippen LogP contribution in [0.1, 0.15) is 37.8 Å². The molecule has 0 aliphatic carbocycles. The number of hydrogen-bond donors (Lipinski definition) is 1. The van der Waals surface area contributed by atoms with Gasteiger partial charge in [-0.2, -0.15) is 4.31 Å². The number of sulfonamides is 1. The molecule has 2 rings (SSSR count). The van der Waals surface area contributed by atoms with Gasteiger partial charge in [0, 0.05) is 17.6 Å². The highest BCUT2D eigenvalue weighted by atomic mass is 35.5. The summed E-state index contributed by atoms with van der Waals surface area (Å²) in [6.45, 7) is 5.69. The van der Waals surface area contributed by atoms with Gasteiger partial charge in [0.15, 0.2) is 0 Å². The molecule has 0 unspecified atom stereocenters. The molecular formula is C21H27ClN2O3S. The van der Waals surface area contributed by atoms with Gasteiger partial charge in [0.25, 0.3) is 0 Å². The number of rotatable bonds is 9. The van der Waals surface area contributed by atoms with Crippen LogP contribution in [-0.2, 0) is 21.4 Å². The fourth-order valence-electron chi connectivity index (χ4n) is 2.86. The standard InChI is InChI=1S/C21H27ClN2O3S/c1-4-5-17(3)23-21(25)15-24(14-18-8-10-19(22)11-9-18)28(26,27)20-12-6-16(2)7-13-20/h6-13,17H,4-5,14-15H2,1-3H3,(H,23,25)/t17-/m1/s1. The van der Waals surface area contributed by atoms with Crippen molar-refractivity contribution in [3.63, 3.8) is 0 Å². The Labute approximate surface area is 172 Å². The van der Waals surface area contributed by atoms with E-state index < -0.39 is 10.0 Å². The van der Waals surface area contributed by atoms with Gasteiger partial charge in [-0.3, -0.25) is 4.79 Å². The Balaban J connectivity index is 2.27. The number of carbonyl (C=O) groups is 1. The van der Waals surface area contributed by atoms with Crippen LogP contribution < -0.4 is 5.32 Å². The molecule has 0 saturated heterocycles. The number of carbonyl (C=O) groups excluding carboxylic acids is 1. The molecule has 0 heterocycles. The lowest BCUT2D eigenvalue weighted by atomic mass is 10.2. The molecule has 1 N–H and O–H groups in total. The van der Waals surface area contributed by atoms with Crippen LogP contribution in [0.4, 0.5) is 0 Å². The van der Waals surface area contributed by atoms with E-state index in [4.69, 9.17) is 11.6 Å². The molecule has 1 atom stereocenters. The molecule has 5 nitrogen and oxygen atoms in total. The van der Waals surface area contributed by atoms with Crippen LogP contribution in [0.3, 0.4) is 0 Å². The Hall–Kier alpha value is -1.89. The van der Waals surface area contributed by atoms with Crippen LogP contribution in [0.25, 0.3) is 0 Å². The summed E-state index contributed by atoms with van der Waals surface area (Å²) in [5, 5.41) is 3.44. The first-order valence-electron chi connectivity index (χ1n) is 9.33. The van der Waals surface area contributed by atoms with E-state index in [2.05, 4.69) is 5.32 Å². The third kappa shape index (κ3) is 6.33. The number of hydrogen-bond acceptors (Lipinski definition) is 3. The Morgan fingerprint density at radius 1 is 1.11 bits per heavy atom. The number of benzene rings is 2. The SMILES string of the molecule is CCC[C@@H](C)NC(=O)CN(Cc1ccc(Cl)cc1)S(=O)(=O)c1ccc(C)cc1. The van der Waals surface area contributed by atoms with Crippen LogP contribution >= 0.6 is 11.6 Å². The lowest BCUT2D eigenvalue weighted by Crippen LogP contribution is -2.43. The van der Waals surface area contributed by atoms with Gasteiger partial charge in [-0.05, 0) is 50.1 Å². The molecule has 0 aromatic heterocycles. The summed E-state index contributed by atoms with van der Waals surface area (Å²) in [6, 6.07) is 13.6. The normalized spacial score (nSPS) is 12.8. The van der Waals surface area contributed by atoms with Gasteiger partial charge in [-0.25, -0.2) is 8.42 Å². The fraction of sp³-hybridized carbons (Fsp3) is 0.381. The smallest absolute Gasteiger partial charge is 0.243 e. The molecule has 0 aliphatic rings. The number of halogens is 1. The maximum Gasteiger partial charge on any atom is 0.243 e. The predicted octanol–water partition coefficient (Wildman–Crippen LogP) is 4.14. The topological polar surface area (TPSA) is 66.5 Å². The van der Waals surface area contributed by atoms with Crippen molar-refractivity contribution >= 4 is 27.5 Å². The third-order valence-corrected chi connectivity index (χ3v) is 6.44. The van der Waals surface area contributed by atoms with Crippen molar-refractivity contribution in [1.29, 1.82) is 0 Å². The number of nitrogens with zero attached hydrogens (tertiary/aromatic N) is 1. The van der Waals surface area contributed by atoms with Gasteiger partial charge < -0.3 is 5.32 Å². The van der Waals surface area contributed by atoms with Crippen LogP contribution in [0.15, 0.2) is 53.4 Å². The van der Waals surface area contributed by atoms with Gasteiger partial charge in [0.2, 0.25) is 15.9 Å². The van der Waals surface area contributed by atoms with E-state index in [1.807, 2.05) is 20.8 Å². The number of nitrogens with one attached hydrogen (secondary N) is 1. The maximum absolute atomic E-state index is 13.2. The summed E-state index contributed by atoms with van der Waals surface area (Å²) >= 11 is 5.92. The minimum atomic E-state index is -3.83. The molecule has 152 valence electrons. The van der Waals surface area contributed by atoms with Gasteiger partial charge in [-0.1, -0.05) is 54.8 Å². The van der Waals surface area contributed by atoms with Crippen LogP contribution in [0.5, 0.6) is 0 Å². The van der Waals surface area contributed by atoms with E-state index in [0.717, 1.165) is 24.0 Å². The van der Waals surface area contributed by atoms with Crippen molar-refractivity contribution in [3.05, 3.63) is 64.7 Å². The molecule has 0 aliphatic heterocycles. The molecule has 0 radical (unpaired) electrons. The highest BCUT2D eigenvalue weighted by molar-refractivity contribution is 7.89. The van der Waals surface area contributed by atoms with Crippen molar-refractivity contribution < 1.29 is 13.2 Å². The second-order valence-corrected chi connectivity index (χ2v) is 9.34. The summed E-state index contributed by atoms with van der Waals surface area (Å²) in [6.07, 6.45) is 1.78. The predicted molar refractivity (Wildman–Crippen MR) is 113 cm³/mol. The molecule has 0 spiro atoms. The minimum absolute atomic E-state index is 0.00281. The average molecular weight is 423 g/mol. The second-order valence-electron chi connectivity index (χ2n) is 6.97. The van der Waals surface area contributed by atoms with Crippen molar-refractivity contribution in [1.82, 2.24) is 9.62 Å². The first kappa shape index (κ1) is 22.4. The zero-order valence-corrected chi connectivity index (χ0v) is 18.1. The molecule has 2 aromatic rings. The molecule has 7 heteroatoms. The summed E-state index contributed by atoms with van der Waals surface area (Å²) in [7, 11) is -3.83. The van der Waals surface area contributed by atoms with E-state index >= 15 is 0 Å². The van der Waals surface area contributed by atoms with Crippen molar-refractivity contribution in [2.75, 3.05) is 6.54 Å². The largest absolute Gasteiger partial charge is 0.353 e. The molecule has 2 aromatic carbocycles. The zero-order valence-electron chi connectivity index (χ0n) is 16.5. The van der Waals surface area contributed by atoms with Gasteiger partial charge in [0.05, 0.1) is 11.4 Å². The van der Waals surface area contributed by atoms with Gasteiger partial charge >= 0.3 is 0 Å². The Morgan fingerprint density at radius 2 is 1.71 bits per heavy atom. The lowest BCUT2D eigenvalue weighted by Gasteiger charge is -2.23. The third-order valence-electron chi connectivity index (χ3n) is 4.38. The average Bonchev–Trinajstić information content (AvgIpc) is 2.63. The van der Waals surface area contributed by atoms with Crippen molar-refractivity contribution in [2.24, 2.45) is 0 Å². The van der Waals surface area contributed by atoms with Crippen LogP contribution in [0.2, 0.25) is 5.02 Å². The Bertz CT molecular complexity index is 881. The molecular weight excluding hydrogens is 396 g/mol. The van der Waals surface area contributed by atoms with E-state index in [1.54, 1.807) is 48.5 Å². The molecule has 0 fully saturated rings. The van der Waals surface area contributed by atoms with E-state index in [-0.39, 0.29) is 29.9 Å². The molecule has 0 saturated carbocycles. The van der Waals surface area contributed by atoms with Crippen LogP contribution in [-0.4, -0.2) is 31.2 Å². The Morgan fingerprint density at radius 3 is 2.29 bits per heavy atom. The fourth-order valence-corrected chi connectivity index (χ4v) is 4.37. The minimum Gasteiger partial charge on any atom is -0.353 e. The quantitative estimate of drug-likeness (QED) is 0.660. The molecule has 0 bridgehead atoms. The number of amides is 1. The van der Waals surface area contributed by atoms with Gasteiger partial charge in [0.1, 0.15) is 0 Å². The van der Waals surface area contributed by atoms with E-state index in [1.165, 1.54) is 4.31 Å². The maximum atomic E-state index is 13.2. The first-order chi connectivity index (χ1) is 13.2. The summed E-state index contributed by atoms with van der Waals surface area (Å²) in [5.74, 6) is -0.314. The van der Waals surface area contributed by atoms with Crippen LogP contribution in [0, 0.1) is 6.92 Å². The monoisotopic (exact) mass is 422 g/mol. The van der Waals surface area contributed by atoms with E-state index in [9.17, 15) is 13.2 Å². The molecule has 28 heavy (non-hydrogen) atoms. The van der Waals surface area contributed by atoms with E-state index in [0.29, 0.717) is 5.02 Å². The molecule has 1 amide bonds. The zero-order chi connectivity index (χ0) is 20.7. The van der Waals surface area contributed by atoms with Crippen molar-refractivity contribution in [2.45, 2.75) is 51.1 Å². The highest BCUT2D eigenvalue weighted by Gasteiger charge is 2.27. The van der Waals surface area contributed by atoms with Gasteiger partial charge in [-0.15, -0.1) is 0 Å². The van der Waals surface area contributed by atoms with Crippen molar-refractivity contribution in [3.8, 4) is 0 Å². The highest BCUT2D eigenvalue weighted by Crippen LogP contribution is 2.20. The summed E-state index contributed by atoms with van der Waals surface area (Å²) in [5.41, 5.74) is 1.73. The lowest BCUT2D eigenvalue weighted by molar-refractivity contribution is -0.122. The number of aryl methyl sites for hydroxylation is 1. The summed E-state index contributed by atoms with van der Waals surface area (Å²) in [4.78, 5) is 12.6. The second kappa shape index (κ2) is 10.0. The first-order valence-corrected chi connectivity index (χ1v) is 11.1. The summed E-state index contributed by atoms with van der Waals surface area (Å²) < 4.78 is 27.6. The Kier molecular flexibility index (Phi) is 8.04.